The number of halogens is 1. The molecule has 0 bridgehead atoms. The molecule has 0 saturated heterocycles. The van der Waals surface area contributed by atoms with Crippen molar-refractivity contribution >= 4 is 28.8 Å². The fourth-order valence-electron chi connectivity index (χ4n) is 2.62. The Labute approximate surface area is 151 Å². The highest BCUT2D eigenvalue weighted by atomic mass is 32.1. The summed E-state index contributed by atoms with van der Waals surface area (Å²) in [6.07, 6.45) is 1.85. The third-order valence-corrected chi connectivity index (χ3v) is 3.82. The van der Waals surface area contributed by atoms with Gasteiger partial charge in [-0.1, -0.05) is 18.2 Å². The summed E-state index contributed by atoms with van der Waals surface area (Å²) in [4.78, 5) is 0. The van der Waals surface area contributed by atoms with Crippen LogP contribution in [0, 0.1) is 19.7 Å². The predicted octanol–water partition coefficient (Wildman–Crippen LogP) is 4.50. The number of hydrogen-bond acceptors (Lipinski definition) is 2. The van der Waals surface area contributed by atoms with Crippen molar-refractivity contribution in [2.24, 2.45) is 0 Å². The number of aromatic nitrogens is 2. The quantitative estimate of drug-likeness (QED) is 0.677. The Balaban J connectivity index is 1.60. The Morgan fingerprint density at radius 3 is 2.40 bits per heavy atom. The van der Waals surface area contributed by atoms with Crippen molar-refractivity contribution in [1.29, 1.82) is 0 Å². The van der Waals surface area contributed by atoms with E-state index >= 15 is 0 Å². The van der Waals surface area contributed by atoms with Crippen LogP contribution in [0.1, 0.15) is 16.7 Å². The van der Waals surface area contributed by atoms with E-state index < -0.39 is 0 Å². The molecular formula is C19H19FN4S. The van der Waals surface area contributed by atoms with E-state index in [2.05, 4.69) is 21.8 Å². The van der Waals surface area contributed by atoms with Gasteiger partial charge in [-0.3, -0.25) is 4.68 Å². The molecule has 128 valence electrons. The molecule has 0 atom stereocenters. The van der Waals surface area contributed by atoms with E-state index in [1.54, 1.807) is 16.8 Å². The van der Waals surface area contributed by atoms with Crippen molar-refractivity contribution < 1.29 is 4.39 Å². The van der Waals surface area contributed by atoms with E-state index in [0.717, 1.165) is 11.3 Å². The number of rotatable bonds is 4. The zero-order valence-electron chi connectivity index (χ0n) is 14.1. The first-order valence-electron chi connectivity index (χ1n) is 7.92. The second kappa shape index (κ2) is 7.44. The highest BCUT2D eigenvalue weighted by Gasteiger charge is 2.04. The molecule has 1 heterocycles. The van der Waals surface area contributed by atoms with Crippen LogP contribution in [-0.4, -0.2) is 14.9 Å². The largest absolute Gasteiger partial charge is 0.332 e. The number of benzene rings is 2. The fourth-order valence-corrected chi connectivity index (χ4v) is 2.84. The summed E-state index contributed by atoms with van der Waals surface area (Å²) in [5.74, 6) is 0.415. The number of nitrogens with one attached hydrogen (secondary N) is 2. The van der Waals surface area contributed by atoms with Gasteiger partial charge in [0.15, 0.2) is 10.9 Å². The van der Waals surface area contributed by atoms with Gasteiger partial charge in [0.05, 0.1) is 6.54 Å². The van der Waals surface area contributed by atoms with Gasteiger partial charge in [0.1, 0.15) is 5.82 Å². The van der Waals surface area contributed by atoms with Crippen LogP contribution in [0.4, 0.5) is 15.9 Å². The molecule has 2 aromatic carbocycles. The third kappa shape index (κ3) is 4.87. The van der Waals surface area contributed by atoms with Gasteiger partial charge in [-0.2, -0.15) is 5.10 Å². The zero-order chi connectivity index (χ0) is 17.8. The summed E-state index contributed by atoms with van der Waals surface area (Å²) in [5.41, 5.74) is 4.27. The molecule has 4 nitrogen and oxygen atoms in total. The van der Waals surface area contributed by atoms with Gasteiger partial charge in [0, 0.05) is 18.0 Å². The van der Waals surface area contributed by atoms with E-state index in [1.165, 1.54) is 23.3 Å². The molecule has 2 N–H and O–H groups in total. The molecule has 25 heavy (non-hydrogen) atoms. The minimum atomic E-state index is -0.241. The monoisotopic (exact) mass is 354 g/mol. The van der Waals surface area contributed by atoms with Gasteiger partial charge in [0.2, 0.25) is 0 Å². The summed E-state index contributed by atoms with van der Waals surface area (Å²) < 4.78 is 14.7. The minimum absolute atomic E-state index is 0.241. The maximum absolute atomic E-state index is 12.9. The molecule has 3 aromatic rings. The SMILES string of the molecule is Cc1cc(C)cc(NC(=S)Nc2ccn(Cc3ccc(F)cc3)n2)c1. The zero-order valence-corrected chi connectivity index (χ0v) is 14.9. The highest BCUT2D eigenvalue weighted by molar-refractivity contribution is 7.80. The first-order chi connectivity index (χ1) is 12.0. The lowest BCUT2D eigenvalue weighted by molar-refractivity contribution is 0.624. The Bertz CT molecular complexity index is 866. The third-order valence-electron chi connectivity index (χ3n) is 3.62. The van der Waals surface area contributed by atoms with Crippen molar-refractivity contribution in [3.8, 4) is 0 Å². The van der Waals surface area contributed by atoms with E-state index in [9.17, 15) is 4.39 Å². The molecule has 0 aliphatic rings. The molecule has 0 radical (unpaired) electrons. The van der Waals surface area contributed by atoms with Crippen molar-refractivity contribution in [3.63, 3.8) is 0 Å². The summed E-state index contributed by atoms with van der Waals surface area (Å²) >= 11 is 5.34. The van der Waals surface area contributed by atoms with Gasteiger partial charge in [-0.15, -0.1) is 0 Å². The van der Waals surface area contributed by atoms with Gasteiger partial charge in [0.25, 0.3) is 0 Å². The van der Waals surface area contributed by atoms with E-state index in [0.29, 0.717) is 17.5 Å². The first-order valence-corrected chi connectivity index (χ1v) is 8.33. The lowest BCUT2D eigenvalue weighted by Crippen LogP contribution is -2.19. The molecule has 0 aliphatic heterocycles. The van der Waals surface area contributed by atoms with Crippen LogP contribution < -0.4 is 10.6 Å². The highest BCUT2D eigenvalue weighted by Crippen LogP contribution is 2.14. The van der Waals surface area contributed by atoms with Crippen LogP contribution in [0.5, 0.6) is 0 Å². The van der Waals surface area contributed by atoms with Gasteiger partial charge < -0.3 is 10.6 Å². The van der Waals surface area contributed by atoms with Crippen LogP contribution >= 0.6 is 12.2 Å². The van der Waals surface area contributed by atoms with Crippen LogP contribution in [0.3, 0.4) is 0 Å². The number of thiocarbonyl (C=S) groups is 1. The van der Waals surface area contributed by atoms with Gasteiger partial charge in [-0.25, -0.2) is 4.39 Å². The molecule has 0 fully saturated rings. The Kier molecular flexibility index (Phi) is 5.09. The number of hydrogen-bond donors (Lipinski definition) is 2. The average Bonchev–Trinajstić information content (AvgIpc) is 2.95. The second-order valence-corrected chi connectivity index (χ2v) is 6.39. The van der Waals surface area contributed by atoms with Crippen LogP contribution in [-0.2, 0) is 6.54 Å². The van der Waals surface area contributed by atoms with Crippen LogP contribution in [0.2, 0.25) is 0 Å². The average molecular weight is 354 g/mol. The van der Waals surface area contributed by atoms with Gasteiger partial charge >= 0.3 is 0 Å². The Morgan fingerprint density at radius 2 is 1.72 bits per heavy atom. The van der Waals surface area contributed by atoms with E-state index in [4.69, 9.17) is 12.2 Å². The molecule has 6 heteroatoms. The molecule has 0 saturated carbocycles. The first kappa shape index (κ1) is 17.1. The predicted molar refractivity (Wildman–Crippen MR) is 103 cm³/mol. The Hall–Kier alpha value is -2.73. The molecule has 1 aromatic heterocycles. The van der Waals surface area contributed by atoms with Crippen LogP contribution in [0.15, 0.2) is 54.7 Å². The molecule has 0 amide bonds. The summed E-state index contributed by atoms with van der Waals surface area (Å²) in [7, 11) is 0. The van der Waals surface area contributed by atoms with E-state index in [1.807, 2.05) is 38.2 Å². The molecule has 0 spiro atoms. The number of nitrogens with zero attached hydrogens (tertiary/aromatic N) is 2. The molecular weight excluding hydrogens is 335 g/mol. The van der Waals surface area contributed by atoms with Crippen molar-refractivity contribution in [1.82, 2.24) is 9.78 Å². The molecule has 0 unspecified atom stereocenters. The maximum Gasteiger partial charge on any atom is 0.176 e. The normalized spacial score (nSPS) is 10.5. The van der Waals surface area contributed by atoms with Crippen molar-refractivity contribution in [2.75, 3.05) is 10.6 Å². The lowest BCUT2D eigenvalue weighted by atomic mass is 10.1. The number of aryl methyl sites for hydroxylation is 2. The summed E-state index contributed by atoms with van der Waals surface area (Å²) in [5, 5.41) is 11.2. The maximum atomic E-state index is 12.9. The minimum Gasteiger partial charge on any atom is -0.332 e. The second-order valence-electron chi connectivity index (χ2n) is 5.98. The standard InChI is InChI=1S/C19H19FN4S/c1-13-9-14(2)11-17(10-13)21-19(25)22-18-7-8-24(23-18)12-15-3-5-16(20)6-4-15/h3-11H,12H2,1-2H3,(H2,21,22,23,25). The number of anilines is 2. The van der Waals surface area contributed by atoms with Crippen molar-refractivity contribution in [3.05, 3.63) is 77.2 Å². The molecule has 3 rings (SSSR count). The summed E-state index contributed by atoms with van der Waals surface area (Å²) in [6, 6.07) is 14.4. The fraction of sp³-hybridized carbons (Fsp3) is 0.158. The lowest BCUT2D eigenvalue weighted by Gasteiger charge is -2.10. The smallest absolute Gasteiger partial charge is 0.176 e. The van der Waals surface area contributed by atoms with Crippen molar-refractivity contribution in [2.45, 2.75) is 20.4 Å². The summed E-state index contributed by atoms with van der Waals surface area (Å²) in [6.45, 7) is 4.66. The van der Waals surface area contributed by atoms with Crippen LogP contribution in [0.25, 0.3) is 0 Å². The topological polar surface area (TPSA) is 41.9 Å². The van der Waals surface area contributed by atoms with Gasteiger partial charge in [-0.05, 0) is 67.0 Å². The Morgan fingerprint density at radius 1 is 1.04 bits per heavy atom. The molecule has 0 aliphatic carbocycles. The van der Waals surface area contributed by atoms with E-state index in [-0.39, 0.29) is 5.82 Å².